The van der Waals surface area contributed by atoms with E-state index in [9.17, 15) is 9.18 Å². The first-order valence-electron chi connectivity index (χ1n) is 9.97. The average molecular weight is 419 g/mol. The SMILES string of the molecule is Cc1cnc(N[C@H]2CC[C@@H](CNC(=O)c3ccc(F)c(Cl)c3)CC2)cc1N(C)C. The number of hydrogen-bond acceptors (Lipinski definition) is 4. The molecule has 0 atom stereocenters. The fourth-order valence-corrected chi connectivity index (χ4v) is 3.95. The Balaban J connectivity index is 1.46. The molecule has 3 rings (SSSR count). The molecule has 2 N–H and O–H groups in total. The minimum Gasteiger partial charge on any atom is -0.377 e. The Kier molecular flexibility index (Phi) is 6.96. The van der Waals surface area contributed by atoms with Gasteiger partial charge in [0, 0.05) is 50.2 Å². The minimum atomic E-state index is -0.519. The summed E-state index contributed by atoms with van der Waals surface area (Å²) >= 11 is 5.76. The van der Waals surface area contributed by atoms with E-state index in [1.54, 1.807) is 0 Å². The molecule has 1 aromatic carbocycles. The van der Waals surface area contributed by atoms with Crippen molar-refractivity contribution in [3.05, 3.63) is 52.4 Å². The van der Waals surface area contributed by atoms with Crippen LogP contribution in [0, 0.1) is 18.7 Å². The molecule has 0 spiro atoms. The lowest BCUT2D eigenvalue weighted by atomic mass is 9.86. The summed E-state index contributed by atoms with van der Waals surface area (Å²) in [4.78, 5) is 18.9. The molecular weight excluding hydrogens is 391 g/mol. The van der Waals surface area contributed by atoms with Gasteiger partial charge in [-0.05, 0) is 62.3 Å². The van der Waals surface area contributed by atoms with Crippen LogP contribution in [0.25, 0.3) is 0 Å². The monoisotopic (exact) mass is 418 g/mol. The highest BCUT2D eigenvalue weighted by atomic mass is 35.5. The summed E-state index contributed by atoms with van der Waals surface area (Å²) in [5, 5.41) is 6.46. The second kappa shape index (κ2) is 9.44. The molecule has 1 aliphatic rings. The third kappa shape index (κ3) is 5.60. The Hall–Kier alpha value is -2.34. The number of carbonyl (C=O) groups is 1. The molecular formula is C22H28ClFN4O. The molecule has 0 radical (unpaired) electrons. The van der Waals surface area contributed by atoms with Crippen molar-refractivity contribution in [2.24, 2.45) is 5.92 Å². The highest BCUT2D eigenvalue weighted by Crippen LogP contribution is 2.27. The fraction of sp³-hybridized carbons (Fsp3) is 0.455. The summed E-state index contributed by atoms with van der Waals surface area (Å²) in [6.45, 7) is 2.68. The summed E-state index contributed by atoms with van der Waals surface area (Å²) in [5.41, 5.74) is 2.70. The molecule has 1 fully saturated rings. The zero-order valence-corrected chi connectivity index (χ0v) is 17.9. The first-order chi connectivity index (χ1) is 13.8. The molecule has 7 heteroatoms. The summed E-state index contributed by atoms with van der Waals surface area (Å²) in [6.07, 6.45) is 6.05. The van der Waals surface area contributed by atoms with Crippen molar-refractivity contribution < 1.29 is 9.18 Å². The average Bonchev–Trinajstić information content (AvgIpc) is 2.70. The zero-order chi connectivity index (χ0) is 21.0. The summed E-state index contributed by atoms with van der Waals surface area (Å²) in [6, 6.07) is 6.52. The van der Waals surface area contributed by atoms with Crippen LogP contribution < -0.4 is 15.5 Å². The van der Waals surface area contributed by atoms with E-state index in [0.29, 0.717) is 24.1 Å². The zero-order valence-electron chi connectivity index (χ0n) is 17.1. The van der Waals surface area contributed by atoms with Gasteiger partial charge in [-0.25, -0.2) is 9.37 Å². The van der Waals surface area contributed by atoms with Gasteiger partial charge in [0.05, 0.1) is 5.02 Å². The Morgan fingerprint density at radius 3 is 2.62 bits per heavy atom. The Morgan fingerprint density at radius 1 is 1.24 bits per heavy atom. The van der Waals surface area contributed by atoms with Crippen LogP contribution in [0.2, 0.25) is 5.02 Å². The van der Waals surface area contributed by atoms with E-state index in [1.807, 2.05) is 20.3 Å². The topological polar surface area (TPSA) is 57.3 Å². The number of nitrogens with one attached hydrogen (secondary N) is 2. The van der Waals surface area contributed by atoms with Gasteiger partial charge in [-0.2, -0.15) is 0 Å². The molecule has 1 aliphatic carbocycles. The Bertz CT molecular complexity index is 866. The van der Waals surface area contributed by atoms with Gasteiger partial charge in [-0.3, -0.25) is 4.79 Å². The van der Waals surface area contributed by atoms with Gasteiger partial charge in [0.15, 0.2) is 0 Å². The lowest BCUT2D eigenvalue weighted by molar-refractivity contribution is 0.0943. The van der Waals surface area contributed by atoms with Gasteiger partial charge in [0.2, 0.25) is 0 Å². The Morgan fingerprint density at radius 2 is 1.97 bits per heavy atom. The highest BCUT2D eigenvalue weighted by Gasteiger charge is 2.22. The number of amides is 1. The predicted octanol–water partition coefficient (Wildman–Crippen LogP) is 4.65. The molecule has 0 unspecified atom stereocenters. The van der Waals surface area contributed by atoms with E-state index in [1.165, 1.54) is 23.9 Å². The Labute approximate surface area is 176 Å². The quantitative estimate of drug-likeness (QED) is 0.717. The van der Waals surface area contributed by atoms with Gasteiger partial charge in [-0.15, -0.1) is 0 Å². The lowest BCUT2D eigenvalue weighted by Crippen LogP contribution is -2.34. The smallest absolute Gasteiger partial charge is 0.251 e. The number of rotatable bonds is 6. The number of anilines is 2. The molecule has 156 valence electrons. The molecule has 5 nitrogen and oxygen atoms in total. The van der Waals surface area contributed by atoms with Crippen molar-refractivity contribution in [3.8, 4) is 0 Å². The van der Waals surface area contributed by atoms with Crippen LogP contribution >= 0.6 is 11.6 Å². The first kappa shape index (κ1) is 21.4. The summed E-state index contributed by atoms with van der Waals surface area (Å²) in [7, 11) is 4.07. The maximum Gasteiger partial charge on any atom is 0.251 e. The number of hydrogen-bond donors (Lipinski definition) is 2. The lowest BCUT2D eigenvalue weighted by Gasteiger charge is -2.30. The molecule has 2 aromatic rings. The number of carbonyl (C=O) groups excluding carboxylic acids is 1. The van der Waals surface area contributed by atoms with Crippen molar-refractivity contribution in [1.82, 2.24) is 10.3 Å². The third-order valence-corrected chi connectivity index (χ3v) is 5.78. The van der Waals surface area contributed by atoms with Crippen LogP contribution in [0.3, 0.4) is 0 Å². The van der Waals surface area contributed by atoms with Crippen molar-refractivity contribution in [2.75, 3.05) is 30.9 Å². The van der Waals surface area contributed by atoms with E-state index in [2.05, 4.69) is 33.5 Å². The number of aryl methyl sites for hydroxylation is 1. The summed E-state index contributed by atoms with van der Waals surface area (Å²) < 4.78 is 13.2. The number of aromatic nitrogens is 1. The maximum absolute atomic E-state index is 13.2. The normalized spacial score (nSPS) is 18.9. The van der Waals surface area contributed by atoms with Gasteiger partial charge in [0.25, 0.3) is 5.91 Å². The number of pyridine rings is 1. The van der Waals surface area contributed by atoms with E-state index < -0.39 is 5.82 Å². The third-order valence-electron chi connectivity index (χ3n) is 5.49. The molecule has 1 amide bonds. The molecule has 1 saturated carbocycles. The van der Waals surface area contributed by atoms with Gasteiger partial charge >= 0.3 is 0 Å². The van der Waals surface area contributed by atoms with E-state index >= 15 is 0 Å². The maximum atomic E-state index is 13.2. The van der Waals surface area contributed by atoms with E-state index in [-0.39, 0.29) is 10.9 Å². The van der Waals surface area contributed by atoms with Crippen LogP contribution in [-0.4, -0.2) is 37.6 Å². The van der Waals surface area contributed by atoms with Crippen LogP contribution in [0.4, 0.5) is 15.9 Å². The molecule has 0 saturated heterocycles. The summed E-state index contributed by atoms with van der Waals surface area (Å²) in [5.74, 6) is 0.613. The van der Waals surface area contributed by atoms with Gasteiger partial charge < -0.3 is 15.5 Å². The number of halogens is 2. The second-order valence-corrected chi connectivity index (χ2v) is 8.36. The van der Waals surface area contributed by atoms with Crippen LogP contribution in [0.1, 0.15) is 41.6 Å². The first-order valence-corrected chi connectivity index (χ1v) is 10.3. The van der Waals surface area contributed by atoms with Crippen molar-refractivity contribution >= 4 is 29.0 Å². The molecule has 0 bridgehead atoms. The van der Waals surface area contributed by atoms with Crippen molar-refractivity contribution in [3.63, 3.8) is 0 Å². The number of nitrogens with zero attached hydrogens (tertiary/aromatic N) is 2. The van der Waals surface area contributed by atoms with Crippen molar-refractivity contribution in [1.29, 1.82) is 0 Å². The van der Waals surface area contributed by atoms with Crippen LogP contribution in [0.5, 0.6) is 0 Å². The molecule has 1 aromatic heterocycles. The van der Waals surface area contributed by atoms with E-state index in [0.717, 1.165) is 37.1 Å². The fourth-order valence-electron chi connectivity index (χ4n) is 3.77. The molecule has 29 heavy (non-hydrogen) atoms. The van der Waals surface area contributed by atoms with Crippen LogP contribution in [0.15, 0.2) is 30.5 Å². The predicted molar refractivity (Wildman–Crippen MR) is 116 cm³/mol. The van der Waals surface area contributed by atoms with Crippen LogP contribution in [-0.2, 0) is 0 Å². The largest absolute Gasteiger partial charge is 0.377 e. The standard InChI is InChI=1S/C22H28ClFN4O/c1-14-12-25-21(11-20(14)28(2)3)27-17-7-4-15(5-8-17)13-26-22(29)16-6-9-19(24)18(23)10-16/h6,9-12,15,17H,4-5,7-8,13H2,1-3H3,(H,25,27)(H,26,29)/t15-,17+. The molecule has 0 aliphatic heterocycles. The number of benzene rings is 1. The minimum absolute atomic E-state index is 0.0358. The molecule has 1 heterocycles. The van der Waals surface area contributed by atoms with Gasteiger partial charge in [0.1, 0.15) is 11.6 Å². The second-order valence-electron chi connectivity index (χ2n) is 7.95. The van der Waals surface area contributed by atoms with Gasteiger partial charge in [-0.1, -0.05) is 11.6 Å². The van der Waals surface area contributed by atoms with E-state index in [4.69, 9.17) is 11.6 Å². The highest BCUT2D eigenvalue weighted by molar-refractivity contribution is 6.31. The van der Waals surface area contributed by atoms with Crippen molar-refractivity contribution in [2.45, 2.75) is 38.6 Å².